The smallest absolute Gasteiger partial charge is 0.305 e. The van der Waals surface area contributed by atoms with Crippen molar-refractivity contribution in [3.05, 3.63) is 59.7 Å². The molecule has 212 valence electrons. The fourth-order valence-electron chi connectivity index (χ4n) is 4.39. The summed E-state index contributed by atoms with van der Waals surface area (Å²) >= 11 is 0. The van der Waals surface area contributed by atoms with Gasteiger partial charge < -0.3 is 19.3 Å². The lowest BCUT2D eigenvalue weighted by Gasteiger charge is -2.31. The summed E-state index contributed by atoms with van der Waals surface area (Å²) in [6, 6.07) is 16.5. The predicted molar refractivity (Wildman–Crippen MR) is 155 cm³/mol. The molecule has 0 aliphatic rings. The zero-order valence-corrected chi connectivity index (χ0v) is 24.5. The van der Waals surface area contributed by atoms with Gasteiger partial charge in [0.05, 0.1) is 19.3 Å². The number of carbonyl (C=O) groups is 1. The van der Waals surface area contributed by atoms with Crippen LogP contribution >= 0.6 is 0 Å². The first-order valence-electron chi connectivity index (χ1n) is 14.4. The van der Waals surface area contributed by atoms with Gasteiger partial charge in [0.25, 0.3) is 0 Å². The van der Waals surface area contributed by atoms with E-state index in [-0.39, 0.29) is 19.0 Å². The Morgan fingerprint density at radius 3 is 1.66 bits per heavy atom. The molecule has 0 heterocycles. The van der Waals surface area contributed by atoms with E-state index in [0.717, 1.165) is 48.3 Å². The number of carbonyl (C=O) groups excluding carboxylic acids is 1. The van der Waals surface area contributed by atoms with E-state index in [4.69, 9.17) is 14.2 Å². The van der Waals surface area contributed by atoms with E-state index in [1.165, 1.54) is 0 Å². The quantitative estimate of drug-likeness (QED) is 0.159. The molecule has 2 aromatic carbocycles. The van der Waals surface area contributed by atoms with Gasteiger partial charge in [0.2, 0.25) is 0 Å². The Hall–Kier alpha value is -2.53. The zero-order chi connectivity index (χ0) is 28.0. The highest BCUT2D eigenvalue weighted by atomic mass is 16.5. The maximum absolute atomic E-state index is 12.5. The molecular formula is C33H50O5. The van der Waals surface area contributed by atoms with E-state index in [1.807, 2.05) is 31.2 Å². The van der Waals surface area contributed by atoms with Crippen molar-refractivity contribution in [2.24, 2.45) is 11.8 Å². The van der Waals surface area contributed by atoms with Gasteiger partial charge in [0, 0.05) is 11.8 Å². The lowest BCUT2D eigenvalue weighted by molar-refractivity contribution is -0.147. The predicted octanol–water partition coefficient (Wildman–Crippen LogP) is 7.72. The van der Waals surface area contributed by atoms with Gasteiger partial charge in [-0.2, -0.15) is 0 Å². The van der Waals surface area contributed by atoms with Crippen molar-refractivity contribution in [1.82, 2.24) is 0 Å². The average Bonchev–Trinajstić information content (AvgIpc) is 2.91. The van der Waals surface area contributed by atoms with Gasteiger partial charge >= 0.3 is 5.97 Å². The summed E-state index contributed by atoms with van der Waals surface area (Å²) in [7, 11) is 0. The van der Waals surface area contributed by atoms with Crippen molar-refractivity contribution in [3.63, 3.8) is 0 Å². The highest BCUT2D eigenvalue weighted by molar-refractivity contribution is 5.69. The van der Waals surface area contributed by atoms with E-state index < -0.39 is 11.5 Å². The zero-order valence-electron chi connectivity index (χ0n) is 24.5. The molecule has 1 unspecified atom stereocenters. The number of hydrogen-bond acceptors (Lipinski definition) is 5. The van der Waals surface area contributed by atoms with E-state index in [9.17, 15) is 9.90 Å². The van der Waals surface area contributed by atoms with Crippen molar-refractivity contribution in [2.75, 3.05) is 19.8 Å². The largest absolute Gasteiger partial charge is 0.494 e. The Balaban J connectivity index is 2.14. The minimum atomic E-state index is -0.619. The highest BCUT2D eigenvalue weighted by Crippen LogP contribution is 2.38. The number of esters is 1. The Labute approximate surface area is 230 Å². The van der Waals surface area contributed by atoms with Crippen LogP contribution in [0.15, 0.2) is 48.5 Å². The third-order valence-corrected chi connectivity index (χ3v) is 7.11. The first-order valence-corrected chi connectivity index (χ1v) is 14.4. The summed E-state index contributed by atoms with van der Waals surface area (Å²) < 4.78 is 17.2. The average molecular weight is 527 g/mol. The van der Waals surface area contributed by atoms with E-state index in [0.29, 0.717) is 37.9 Å². The molecule has 1 N–H and O–H groups in total. The Bertz CT molecular complexity index is 858. The number of rotatable bonds is 18. The molecular weight excluding hydrogens is 476 g/mol. The standard InChI is InChI=1S/C33H50O5/c1-7-29(34)24-38-32(35)20-21-33(6,27-12-16-30(17-13-27)36-22-8-10-25(2)3)28-14-18-31(19-15-28)37-23-9-11-26(4)5/h12-19,25-26,29,34H,7-11,20-24H2,1-6H3. The van der Waals surface area contributed by atoms with Crippen LogP contribution in [0.4, 0.5) is 0 Å². The first kappa shape index (κ1) is 31.7. The van der Waals surface area contributed by atoms with Gasteiger partial charge in [0.1, 0.15) is 18.1 Å². The molecule has 0 fully saturated rings. The van der Waals surface area contributed by atoms with Crippen molar-refractivity contribution in [3.8, 4) is 11.5 Å². The maximum Gasteiger partial charge on any atom is 0.305 e. The second kappa shape index (κ2) is 16.4. The van der Waals surface area contributed by atoms with Crippen LogP contribution in [0.2, 0.25) is 0 Å². The number of aliphatic hydroxyl groups excluding tert-OH is 1. The van der Waals surface area contributed by atoms with Crippen molar-refractivity contribution >= 4 is 5.97 Å². The Kier molecular flexibility index (Phi) is 13.7. The van der Waals surface area contributed by atoms with Gasteiger partial charge in [-0.3, -0.25) is 4.79 Å². The van der Waals surface area contributed by atoms with Gasteiger partial charge in [-0.15, -0.1) is 0 Å². The summed E-state index contributed by atoms with van der Waals surface area (Å²) in [6.07, 6.45) is 5.16. The molecule has 5 heteroatoms. The molecule has 38 heavy (non-hydrogen) atoms. The Morgan fingerprint density at radius 2 is 1.26 bits per heavy atom. The van der Waals surface area contributed by atoms with Crippen LogP contribution in [0.25, 0.3) is 0 Å². The third-order valence-electron chi connectivity index (χ3n) is 7.11. The van der Waals surface area contributed by atoms with Gasteiger partial charge in [-0.05, 0) is 85.8 Å². The van der Waals surface area contributed by atoms with Crippen LogP contribution < -0.4 is 9.47 Å². The molecule has 0 saturated carbocycles. The van der Waals surface area contributed by atoms with Crippen LogP contribution in [0.5, 0.6) is 11.5 Å². The topological polar surface area (TPSA) is 65.0 Å². The van der Waals surface area contributed by atoms with Crippen LogP contribution in [-0.4, -0.2) is 37.0 Å². The molecule has 0 aromatic heterocycles. The van der Waals surface area contributed by atoms with Crippen LogP contribution in [0.3, 0.4) is 0 Å². The molecule has 0 amide bonds. The van der Waals surface area contributed by atoms with Crippen molar-refractivity contribution in [2.45, 2.75) is 98.0 Å². The van der Waals surface area contributed by atoms with Gasteiger partial charge in [-0.1, -0.05) is 65.8 Å². The lowest BCUT2D eigenvalue weighted by atomic mass is 9.73. The van der Waals surface area contributed by atoms with Crippen LogP contribution in [0.1, 0.15) is 97.6 Å². The summed E-state index contributed by atoms with van der Waals surface area (Å²) in [4.78, 5) is 12.5. The molecule has 0 aliphatic heterocycles. The number of benzene rings is 2. The normalized spacial score (nSPS) is 12.6. The molecule has 0 aliphatic carbocycles. The molecule has 0 spiro atoms. The molecule has 0 bridgehead atoms. The lowest BCUT2D eigenvalue weighted by Crippen LogP contribution is -2.26. The van der Waals surface area contributed by atoms with Crippen molar-refractivity contribution in [1.29, 1.82) is 0 Å². The second-order valence-corrected chi connectivity index (χ2v) is 11.4. The molecule has 2 aromatic rings. The van der Waals surface area contributed by atoms with Crippen molar-refractivity contribution < 1.29 is 24.1 Å². The first-order chi connectivity index (χ1) is 18.1. The molecule has 5 nitrogen and oxygen atoms in total. The second-order valence-electron chi connectivity index (χ2n) is 11.4. The highest BCUT2D eigenvalue weighted by Gasteiger charge is 2.30. The molecule has 0 saturated heterocycles. The number of ether oxygens (including phenoxy) is 3. The maximum atomic E-state index is 12.5. The Morgan fingerprint density at radius 1 is 0.816 bits per heavy atom. The SMILES string of the molecule is CCC(O)COC(=O)CCC(C)(c1ccc(OCCCC(C)C)cc1)c1ccc(OCCCC(C)C)cc1. The van der Waals surface area contributed by atoms with Crippen LogP contribution in [0, 0.1) is 11.8 Å². The minimum absolute atomic E-state index is 0.0394. The van der Waals surface area contributed by atoms with E-state index in [1.54, 1.807) is 0 Å². The number of aliphatic hydroxyl groups is 1. The minimum Gasteiger partial charge on any atom is -0.494 e. The van der Waals surface area contributed by atoms with E-state index in [2.05, 4.69) is 58.9 Å². The summed E-state index contributed by atoms with van der Waals surface area (Å²) in [5, 5.41) is 9.75. The number of hydrogen-bond donors (Lipinski definition) is 1. The van der Waals surface area contributed by atoms with Crippen LogP contribution in [-0.2, 0) is 14.9 Å². The monoisotopic (exact) mass is 526 g/mol. The third kappa shape index (κ3) is 11.1. The summed E-state index contributed by atoms with van der Waals surface area (Å²) in [5.41, 5.74) is 1.81. The molecule has 1 atom stereocenters. The van der Waals surface area contributed by atoms with E-state index >= 15 is 0 Å². The van der Waals surface area contributed by atoms with Gasteiger partial charge in [-0.25, -0.2) is 0 Å². The molecule has 2 rings (SSSR count). The van der Waals surface area contributed by atoms with Gasteiger partial charge in [0.15, 0.2) is 0 Å². The fraction of sp³-hybridized carbons (Fsp3) is 0.606. The fourth-order valence-corrected chi connectivity index (χ4v) is 4.39. The summed E-state index contributed by atoms with van der Waals surface area (Å²) in [6.45, 7) is 14.4. The molecule has 0 radical (unpaired) electrons. The summed E-state index contributed by atoms with van der Waals surface area (Å²) in [5.74, 6) is 2.78.